The molecule has 0 aliphatic carbocycles. The van der Waals surface area contributed by atoms with Crippen molar-refractivity contribution in [2.24, 2.45) is 5.41 Å². The molecule has 2 heterocycles. The molecule has 0 saturated carbocycles. The lowest BCUT2D eigenvalue weighted by Crippen LogP contribution is -2.32. The first-order valence-corrected chi connectivity index (χ1v) is 7.89. The third-order valence-electron chi connectivity index (χ3n) is 3.69. The van der Waals surface area contributed by atoms with E-state index in [1.165, 1.54) is 16.2 Å². The first kappa shape index (κ1) is 12.6. The van der Waals surface area contributed by atoms with Gasteiger partial charge in [-0.05, 0) is 38.3 Å². The van der Waals surface area contributed by atoms with Crippen molar-refractivity contribution in [2.75, 3.05) is 11.9 Å². The summed E-state index contributed by atoms with van der Waals surface area (Å²) in [6, 6.07) is 4.56. The van der Waals surface area contributed by atoms with E-state index in [0.29, 0.717) is 11.5 Å². The summed E-state index contributed by atoms with van der Waals surface area (Å²) in [5.74, 6) is 0. The van der Waals surface area contributed by atoms with Gasteiger partial charge in [-0.1, -0.05) is 22.9 Å². The van der Waals surface area contributed by atoms with E-state index >= 15 is 0 Å². The summed E-state index contributed by atoms with van der Waals surface area (Å²) < 4.78 is 5.74. The fourth-order valence-corrected chi connectivity index (χ4v) is 4.38. The summed E-state index contributed by atoms with van der Waals surface area (Å²) in [5, 5.41) is 1.04. The van der Waals surface area contributed by atoms with Gasteiger partial charge in [0.05, 0.1) is 6.10 Å². The monoisotopic (exact) mass is 302 g/mol. The maximum absolute atomic E-state index is 5.74. The number of alkyl halides is 1. The van der Waals surface area contributed by atoms with Gasteiger partial charge in [0.15, 0.2) is 0 Å². The van der Waals surface area contributed by atoms with E-state index in [4.69, 9.17) is 4.74 Å². The molecule has 1 aliphatic heterocycles. The van der Waals surface area contributed by atoms with Crippen LogP contribution in [0.5, 0.6) is 0 Å². The minimum absolute atomic E-state index is 0.315. The molecule has 16 heavy (non-hydrogen) atoms. The van der Waals surface area contributed by atoms with Gasteiger partial charge in [-0.2, -0.15) is 0 Å². The summed E-state index contributed by atoms with van der Waals surface area (Å²) in [4.78, 5) is 3.00. The first-order valence-electron chi connectivity index (χ1n) is 5.95. The number of halogens is 1. The largest absolute Gasteiger partial charge is 0.378 e. The Morgan fingerprint density at radius 3 is 2.75 bits per heavy atom. The molecule has 2 rings (SSSR count). The van der Waals surface area contributed by atoms with Crippen molar-refractivity contribution in [3.8, 4) is 0 Å². The van der Waals surface area contributed by atoms with E-state index in [1.807, 2.05) is 11.3 Å². The third kappa shape index (κ3) is 2.36. The highest BCUT2D eigenvalue weighted by atomic mass is 79.9. The maximum Gasteiger partial charge on any atom is 0.0615 e. The molecule has 1 aromatic rings. The van der Waals surface area contributed by atoms with Gasteiger partial charge in [-0.15, -0.1) is 11.3 Å². The van der Waals surface area contributed by atoms with Gasteiger partial charge in [-0.3, -0.25) is 0 Å². The highest BCUT2D eigenvalue weighted by Crippen LogP contribution is 2.41. The predicted molar refractivity (Wildman–Crippen MR) is 73.7 cm³/mol. The van der Waals surface area contributed by atoms with Gasteiger partial charge in [0, 0.05) is 27.1 Å². The second-order valence-electron chi connectivity index (χ2n) is 4.66. The standard InChI is InChI=1S/C13H19BrOS/c1-3-11-4-5-12(16-11)8-13(9-14)6-7-15-10(13)2/h4-5,10H,3,6-9H2,1-2H3. The van der Waals surface area contributed by atoms with Crippen molar-refractivity contribution in [1.82, 2.24) is 0 Å². The normalized spacial score (nSPS) is 29.8. The van der Waals surface area contributed by atoms with Gasteiger partial charge >= 0.3 is 0 Å². The average Bonchev–Trinajstić information content (AvgIpc) is 2.88. The minimum atomic E-state index is 0.315. The second kappa shape index (κ2) is 5.19. The zero-order valence-electron chi connectivity index (χ0n) is 9.96. The first-order chi connectivity index (χ1) is 7.70. The van der Waals surface area contributed by atoms with Gasteiger partial charge < -0.3 is 4.74 Å². The molecule has 3 heteroatoms. The number of ether oxygens (including phenoxy) is 1. The fourth-order valence-electron chi connectivity index (χ4n) is 2.33. The molecule has 0 N–H and O–H groups in total. The molecule has 0 bridgehead atoms. The Kier molecular flexibility index (Phi) is 4.09. The van der Waals surface area contributed by atoms with Gasteiger partial charge in [0.2, 0.25) is 0 Å². The van der Waals surface area contributed by atoms with E-state index in [-0.39, 0.29) is 0 Å². The molecule has 0 spiro atoms. The zero-order valence-corrected chi connectivity index (χ0v) is 12.4. The second-order valence-corrected chi connectivity index (χ2v) is 6.47. The zero-order chi connectivity index (χ0) is 11.6. The molecular formula is C13H19BrOS. The Bertz CT molecular complexity index is 349. The van der Waals surface area contributed by atoms with Crippen LogP contribution in [0.2, 0.25) is 0 Å². The van der Waals surface area contributed by atoms with E-state index in [9.17, 15) is 0 Å². The Morgan fingerprint density at radius 1 is 1.50 bits per heavy atom. The van der Waals surface area contributed by atoms with Crippen molar-refractivity contribution >= 4 is 27.3 Å². The molecule has 0 aromatic carbocycles. The Hall–Kier alpha value is 0.140. The SMILES string of the molecule is CCc1ccc(CC2(CBr)CCOC2C)s1. The van der Waals surface area contributed by atoms with Crippen LogP contribution in [0.25, 0.3) is 0 Å². The Morgan fingerprint density at radius 2 is 2.25 bits per heavy atom. The lowest BCUT2D eigenvalue weighted by atomic mass is 9.80. The Balaban J connectivity index is 2.12. The van der Waals surface area contributed by atoms with Crippen LogP contribution in [0.4, 0.5) is 0 Å². The number of rotatable bonds is 4. The molecule has 0 radical (unpaired) electrons. The number of hydrogen-bond donors (Lipinski definition) is 0. The molecule has 1 saturated heterocycles. The molecule has 90 valence electrons. The molecule has 1 aromatic heterocycles. The lowest BCUT2D eigenvalue weighted by molar-refractivity contribution is 0.0750. The summed E-state index contributed by atoms with van der Waals surface area (Å²) in [6.45, 7) is 5.35. The fraction of sp³-hybridized carbons (Fsp3) is 0.692. The topological polar surface area (TPSA) is 9.23 Å². The average molecular weight is 303 g/mol. The van der Waals surface area contributed by atoms with Gasteiger partial charge in [-0.25, -0.2) is 0 Å². The van der Waals surface area contributed by atoms with Crippen molar-refractivity contribution in [2.45, 2.75) is 39.2 Å². The minimum Gasteiger partial charge on any atom is -0.378 e. The molecule has 2 unspecified atom stereocenters. The van der Waals surface area contributed by atoms with Crippen LogP contribution in [-0.4, -0.2) is 18.0 Å². The van der Waals surface area contributed by atoms with E-state index in [1.54, 1.807) is 0 Å². The predicted octanol–water partition coefficient (Wildman–Crippen LogP) is 4.04. The van der Waals surface area contributed by atoms with Crippen LogP contribution in [0.3, 0.4) is 0 Å². The molecule has 1 fully saturated rings. The van der Waals surface area contributed by atoms with Crippen LogP contribution in [0.1, 0.15) is 30.0 Å². The lowest BCUT2D eigenvalue weighted by Gasteiger charge is -2.29. The summed E-state index contributed by atoms with van der Waals surface area (Å²) in [7, 11) is 0. The summed E-state index contributed by atoms with van der Waals surface area (Å²) >= 11 is 5.64. The molecule has 1 nitrogen and oxygen atoms in total. The quantitative estimate of drug-likeness (QED) is 0.763. The van der Waals surface area contributed by atoms with Crippen molar-refractivity contribution in [1.29, 1.82) is 0 Å². The van der Waals surface area contributed by atoms with Gasteiger partial charge in [0.1, 0.15) is 0 Å². The van der Waals surface area contributed by atoms with Crippen LogP contribution >= 0.6 is 27.3 Å². The smallest absolute Gasteiger partial charge is 0.0615 e. The van der Waals surface area contributed by atoms with Crippen molar-refractivity contribution < 1.29 is 4.74 Å². The van der Waals surface area contributed by atoms with Crippen molar-refractivity contribution in [3.05, 3.63) is 21.9 Å². The van der Waals surface area contributed by atoms with Crippen molar-refractivity contribution in [3.63, 3.8) is 0 Å². The highest BCUT2D eigenvalue weighted by molar-refractivity contribution is 9.09. The third-order valence-corrected chi connectivity index (χ3v) is 6.03. The van der Waals surface area contributed by atoms with E-state index < -0.39 is 0 Å². The molecule has 2 atom stereocenters. The summed E-state index contributed by atoms with van der Waals surface area (Å²) in [6.07, 6.45) is 3.86. The number of thiophene rings is 1. The van der Waals surface area contributed by atoms with Crippen LogP contribution in [0, 0.1) is 5.41 Å². The van der Waals surface area contributed by atoms with Crippen LogP contribution in [0.15, 0.2) is 12.1 Å². The molecule has 0 amide bonds. The van der Waals surface area contributed by atoms with Gasteiger partial charge in [0.25, 0.3) is 0 Å². The van der Waals surface area contributed by atoms with Crippen LogP contribution in [-0.2, 0) is 17.6 Å². The van der Waals surface area contributed by atoms with Crippen LogP contribution < -0.4 is 0 Å². The molecule has 1 aliphatic rings. The highest BCUT2D eigenvalue weighted by Gasteiger charge is 2.40. The maximum atomic E-state index is 5.74. The number of hydrogen-bond acceptors (Lipinski definition) is 2. The summed E-state index contributed by atoms with van der Waals surface area (Å²) in [5.41, 5.74) is 0.315. The molecular weight excluding hydrogens is 284 g/mol. The number of aryl methyl sites for hydroxylation is 1. The van der Waals surface area contributed by atoms with E-state index in [2.05, 4.69) is 41.9 Å². The Labute approximate surface area is 110 Å². The van der Waals surface area contributed by atoms with E-state index in [0.717, 1.165) is 24.8 Å².